The molecule has 5 rings (SSSR count). The molecule has 9 heteroatoms. The summed E-state index contributed by atoms with van der Waals surface area (Å²) in [5.41, 5.74) is 3.86. The van der Waals surface area contributed by atoms with Crippen molar-refractivity contribution in [3.05, 3.63) is 52.4 Å². The van der Waals surface area contributed by atoms with Crippen molar-refractivity contribution in [1.82, 2.24) is 25.3 Å². The van der Waals surface area contributed by atoms with Crippen molar-refractivity contribution in [2.24, 2.45) is 0 Å². The predicted octanol–water partition coefficient (Wildman–Crippen LogP) is 3.37. The first-order chi connectivity index (χ1) is 14.6. The third-order valence-corrected chi connectivity index (χ3v) is 6.22. The Morgan fingerprint density at radius 3 is 2.93 bits per heavy atom. The van der Waals surface area contributed by atoms with Crippen molar-refractivity contribution in [2.75, 3.05) is 18.0 Å². The van der Waals surface area contributed by atoms with E-state index in [0.717, 1.165) is 54.6 Å². The summed E-state index contributed by atoms with van der Waals surface area (Å²) in [6.45, 7) is 3.71. The van der Waals surface area contributed by atoms with E-state index in [1.165, 1.54) is 5.56 Å². The molecule has 8 nitrogen and oxygen atoms in total. The normalized spacial score (nSPS) is 20.9. The van der Waals surface area contributed by atoms with Gasteiger partial charge in [0.2, 0.25) is 5.95 Å². The number of nitrogens with one attached hydrogen (secondary N) is 2. The summed E-state index contributed by atoms with van der Waals surface area (Å²) < 4.78 is 0. The van der Waals surface area contributed by atoms with Crippen LogP contribution in [-0.4, -0.2) is 44.2 Å². The number of aryl methyl sites for hydroxylation is 1. The fraction of sp³-hybridized carbons (Fsp3) is 0.286. The van der Waals surface area contributed by atoms with Crippen LogP contribution >= 0.6 is 11.8 Å². The SMILES string of the molecule is Cc1cccc2[nH]c(C3CCCN(c4nccc(C=C5SC(=O)NC5=O)n4)C3)nc12. The van der Waals surface area contributed by atoms with E-state index in [0.29, 0.717) is 16.5 Å². The van der Waals surface area contributed by atoms with Gasteiger partial charge in [-0.1, -0.05) is 12.1 Å². The molecule has 1 unspecified atom stereocenters. The highest BCUT2D eigenvalue weighted by molar-refractivity contribution is 8.18. The summed E-state index contributed by atoms with van der Waals surface area (Å²) in [6.07, 6.45) is 5.38. The molecule has 1 aromatic carbocycles. The predicted molar refractivity (Wildman–Crippen MR) is 116 cm³/mol. The van der Waals surface area contributed by atoms with Crippen LogP contribution in [0.2, 0.25) is 0 Å². The Morgan fingerprint density at radius 1 is 1.23 bits per heavy atom. The number of para-hydroxylation sites is 1. The average molecular weight is 420 g/mol. The van der Waals surface area contributed by atoms with Gasteiger partial charge in [0.25, 0.3) is 11.1 Å². The van der Waals surface area contributed by atoms with Crippen LogP contribution in [0.5, 0.6) is 0 Å². The lowest BCUT2D eigenvalue weighted by atomic mass is 9.97. The second-order valence-electron chi connectivity index (χ2n) is 7.51. The maximum absolute atomic E-state index is 11.8. The topological polar surface area (TPSA) is 104 Å². The zero-order valence-corrected chi connectivity index (χ0v) is 17.2. The summed E-state index contributed by atoms with van der Waals surface area (Å²) in [6, 6.07) is 7.90. The van der Waals surface area contributed by atoms with Crippen LogP contribution < -0.4 is 10.2 Å². The second kappa shape index (κ2) is 7.56. The molecule has 2 fully saturated rings. The number of carbonyl (C=O) groups excluding carboxylic acids is 2. The number of aromatic nitrogens is 4. The maximum atomic E-state index is 11.8. The van der Waals surface area contributed by atoms with Crippen LogP contribution in [0.3, 0.4) is 0 Å². The number of piperidine rings is 1. The minimum atomic E-state index is -0.386. The van der Waals surface area contributed by atoms with Crippen LogP contribution in [-0.2, 0) is 4.79 Å². The van der Waals surface area contributed by atoms with E-state index in [-0.39, 0.29) is 17.1 Å². The first kappa shape index (κ1) is 18.8. The number of benzene rings is 1. The van der Waals surface area contributed by atoms with Gasteiger partial charge in [-0.25, -0.2) is 15.0 Å². The van der Waals surface area contributed by atoms with Crippen molar-refractivity contribution < 1.29 is 9.59 Å². The van der Waals surface area contributed by atoms with E-state index < -0.39 is 0 Å². The smallest absolute Gasteiger partial charge is 0.290 e. The number of H-pyrrole nitrogens is 1. The molecule has 0 bridgehead atoms. The van der Waals surface area contributed by atoms with Crippen molar-refractivity contribution >= 4 is 46.0 Å². The first-order valence-electron chi connectivity index (χ1n) is 9.85. The van der Waals surface area contributed by atoms with E-state index in [2.05, 4.69) is 44.2 Å². The largest absolute Gasteiger partial charge is 0.342 e. The van der Waals surface area contributed by atoms with Crippen LogP contribution in [0.25, 0.3) is 17.1 Å². The van der Waals surface area contributed by atoms with Gasteiger partial charge in [-0.3, -0.25) is 14.9 Å². The third kappa shape index (κ3) is 3.56. The Morgan fingerprint density at radius 2 is 2.13 bits per heavy atom. The van der Waals surface area contributed by atoms with Crippen molar-refractivity contribution in [3.63, 3.8) is 0 Å². The molecule has 2 aliphatic heterocycles. The van der Waals surface area contributed by atoms with Gasteiger partial charge in [-0.2, -0.15) is 0 Å². The van der Waals surface area contributed by atoms with Gasteiger partial charge >= 0.3 is 0 Å². The van der Waals surface area contributed by atoms with E-state index >= 15 is 0 Å². The monoisotopic (exact) mass is 420 g/mol. The van der Waals surface area contributed by atoms with E-state index in [1.54, 1.807) is 18.3 Å². The maximum Gasteiger partial charge on any atom is 0.290 e. The van der Waals surface area contributed by atoms with Crippen LogP contribution in [0.4, 0.5) is 10.7 Å². The number of imide groups is 1. The van der Waals surface area contributed by atoms with E-state index in [1.807, 2.05) is 6.07 Å². The fourth-order valence-corrected chi connectivity index (χ4v) is 4.59. The molecule has 2 amide bonds. The molecule has 0 saturated carbocycles. The van der Waals surface area contributed by atoms with E-state index in [9.17, 15) is 9.59 Å². The Balaban J connectivity index is 1.38. The van der Waals surface area contributed by atoms with Gasteiger partial charge in [0, 0.05) is 25.2 Å². The molecular weight excluding hydrogens is 400 g/mol. The summed E-state index contributed by atoms with van der Waals surface area (Å²) in [5.74, 6) is 1.50. The number of rotatable bonds is 3. The zero-order valence-electron chi connectivity index (χ0n) is 16.4. The van der Waals surface area contributed by atoms with Gasteiger partial charge in [-0.05, 0) is 55.3 Å². The van der Waals surface area contributed by atoms with Gasteiger partial charge in [-0.15, -0.1) is 0 Å². The number of aromatic amines is 1. The quantitative estimate of drug-likeness (QED) is 0.626. The van der Waals surface area contributed by atoms with Crippen LogP contribution in [0.15, 0.2) is 35.4 Å². The molecule has 1 atom stereocenters. The van der Waals surface area contributed by atoms with E-state index in [4.69, 9.17) is 4.98 Å². The molecule has 4 heterocycles. The summed E-state index contributed by atoms with van der Waals surface area (Å²) in [7, 11) is 0. The third-order valence-electron chi connectivity index (χ3n) is 5.41. The fourth-order valence-electron chi connectivity index (χ4n) is 3.92. The standard InChI is InChI=1S/C21H20N6O2S/c1-12-4-2-6-15-17(12)25-18(24-15)13-5-3-9-27(11-13)20-22-8-7-14(23-20)10-16-19(28)26-21(29)30-16/h2,4,6-8,10,13H,3,5,9,11H2,1H3,(H,24,25)(H,26,28,29). The van der Waals surface area contributed by atoms with Gasteiger partial charge in [0.1, 0.15) is 5.82 Å². The number of amides is 2. The van der Waals surface area contributed by atoms with Crippen molar-refractivity contribution in [1.29, 1.82) is 0 Å². The molecule has 0 radical (unpaired) electrons. The molecule has 2 aliphatic rings. The molecule has 2 saturated heterocycles. The second-order valence-corrected chi connectivity index (χ2v) is 8.53. The minimum Gasteiger partial charge on any atom is -0.342 e. The molecule has 3 aromatic rings. The van der Waals surface area contributed by atoms with Crippen LogP contribution in [0.1, 0.15) is 35.8 Å². The highest BCUT2D eigenvalue weighted by Crippen LogP contribution is 2.30. The molecule has 2 N–H and O–H groups in total. The van der Waals surface area contributed by atoms with Gasteiger partial charge in [0.15, 0.2) is 0 Å². The summed E-state index contributed by atoms with van der Waals surface area (Å²) >= 11 is 0.886. The van der Waals surface area contributed by atoms with Gasteiger partial charge in [0.05, 0.1) is 21.6 Å². The molecule has 0 spiro atoms. The zero-order chi connectivity index (χ0) is 20.7. The number of hydrogen-bond acceptors (Lipinski definition) is 7. The number of hydrogen-bond donors (Lipinski definition) is 2. The van der Waals surface area contributed by atoms with Crippen molar-refractivity contribution in [2.45, 2.75) is 25.7 Å². The molecule has 152 valence electrons. The number of thioether (sulfide) groups is 1. The molecule has 0 aliphatic carbocycles. The minimum absolute atomic E-state index is 0.268. The number of carbonyl (C=O) groups is 2. The molecule has 30 heavy (non-hydrogen) atoms. The van der Waals surface area contributed by atoms with Gasteiger partial charge < -0.3 is 9.88 Å². The number of imidazole rings is 1. The molecule has 2 aromatic heterocycles. The lowest BCUT2D eigenvalue weighted by Crippen LogP contribution is -2.36. The Hall–Kier alpha value is -3.20. The highest BCUT2D eigenvalue weighted by Gasteiger charge is 2.27. The Labute approximate surface area is 177 Å². The average Bonchev–Trinajstić information content (AvgIpc) is 3.32. The van der Waals surface area contributed by atoms with Crippen LogP contribution in [0, 0.1) is 6.92 Å². The first-order valence-corrected chi connectivity index (χ1v) is 10.7. The van der Waals surface area contributed by atoms with Crippen molar-refractivity contribution in [3.8, 4) is 0 Å². The highest BCUT2D eigenvalue weighted by atomic mass is 32.2. The lowest BCUT2D eigenvalue weighted by molar-refractivity contribution is -0.115. The summed E-state index contributed by atoms with van der Waals surface area (Å²) in [5, 5.41) is 1.90. The Bertz CT molecular complexity index is 1190. The number of anilines is 1. The number of nitrogens with zero attached hydrogens (tertiary/aromatic N) is 4. The number of fused-ring (bicyclic) bond motifs is 1. The Kier molecular flexibility index (Phi) is 4.74. The summed E-state index contributed by atoms with van der Waals surface area (Å²) in [4.78, 5) is 43.0. The lowest BCUT2D eigenvalue weighted by Gasteiger charge is -2.31. The molecular formula is C21H20N6O2S.